The monoisotopic (exact) mass is 283 g/mol. The molecule has 0 N–H and O–H groups in total. The topological polar surface area (TPSA) is 3.24 Å². The van der Waals surface area contributed by atoms with E-state index in [0.29, 0.717) is 5.92 Å². The van der Waals surface area contributed by atoms with Crippen LogP contribution in [0.15, 0.2) is 24.3 Å². The van der Waals surface area contributed by atoms with Gasteiger partial charge in [-0.1, -0.05) is 57.5 Å². The molecule has 0 saturated carbocycles. The average molecular weight is 284 g/mol. The van der Waals surface area contributed by atoms with Crippen LogP contribution in [0.3, 0.4) is 0 Å². The van der Waals surface area contributed by atoms with Crippen molar-refractivity contribution in [1.29, 1.82) is 0 Å². The third-order valence-corrected chi connectivity index (χ3v) is 4.29. The maximum Gasteiger partial charge on any atom is 0.0730 e. The van der Waals surface area contributed by atoms with E-state index >= 15 is 0 Å². The normalized spacial score (nSPS) is 15.4. The highest BCUT2D eigenvalue weighted by Crippen LogP contribution is 2.40. The van der Waals surface area contributed by atoms with Gasteiger partial charge < -0.3 is 4.90 Å². The summed E-state index contributed by atoms with van der Waals surface area (Å²) in [5, 5.41) is 0. The van der Waals surface area contributed by atoms with Gasteiger partial charge in [0.1, 0.15) is 0 Å². The van der Waals surface area contributed by atoms with Crippen LogP contribution in [0, 0.1) is 12.8 Å². The smallest absolute Gasteiger partial charge is 0.0730 e. The molecule has 0 amide bonds. The second-order valence-corrected chi connectivity index (χ2v) is 5.92. The molecule has 0 saturated heterocycles. The molecule has 1 aromatic rings. The number of nitrogens with zero attached hydrogens (tertiary/aromatic N) is 1. The Morgan fingerprint density at radius 3 is 2.26 bits per heavy atom. The Bertz CT molecular complexity index is 362. The van der Waals surface area contributed by atoms with Crippen LogP contribution in [0.4, 0.5) is 0 Å². The van der Waals surface area contributed by atoms with Gasteiger partial charge in [-0.2, -0.15) is 0 Å². The standard InChI is InChI=1S/C15H24ClN.C2H6/c1-6-15(16,13(3)11-17(4)5)14-9-7-8-12(2)10-14;1-2/h7-10,13H,6,11H2,1-5H3;1-2H3/t13-,15?;/m0./s1. The summed E-state index contributed by atoms with van der Waals surface area (Å²) >= 11 is 6.89. The van der Waals surface area contributed by atoms with Crippen molar-refractivity contribution in [1.82, 2.24) is 4.90 Å². The maximum atomic E-state index is 6.89. The van der Waals surface area contributed by atoms with Crippen LogP contribution < -0.4 is 0 Å². The molecule has 19 heavy (non-hydrogen) atoms. The van der Waals surface area contributed by atoms with Crippen LogP contribution in [0.2, 0.25) is 0 Å². The molecule has 110 valence electrons. The molecular weight excluding hydrogens is 254 g/mol. The van der Waals surface area contributed by atoms with Crippen molar-refractivity contribution >= 4 is 11.6 Å². The minimum Gasteiger partial charge on any atom is -0.309 e. The summed E-state index contributed by atoms with van der Waals surface area (Å²) in [6, 6.07) is 8.57. The Hall–Kier alpha value is -0.530. The lowest BCUT2D eigenvalue weighted by Gasteiger charge is -2.34. The van der Waals surface area contributed by atoms with E-state index < -0.39 is 0 Å². The first-order chi connectivity index (χ1) is 8.90. The average Bonchev–Trinajstić information content (AvgIpc) is 2.39. The molecule has 0 aromatic heterocycles. The summed E-state index contributed by atoms with van der Waals surface area (Å²) in [5.74, 6) is 0.422. The highest BCUT2D eigenvalue weighted by atomic mass is 35.5. The summed E-state index contributed by atoms with van der Waals surface area (Å²) in [6.45, 7) is 11.5. The zero-order chi connectivity index (χ0) is 15.1. The lowest BCUT2D eigenvalue weighted by atomic mass is 9.83. The molecule has 1 aromatic carbocycles. The minimum absolute atomic E-state index is 0.254. The van der Waals surface area contributed by atoms with E-state index in [4.69, 9.17) is 11.6 Å². The van der Waals surface area contributed by atoms with E-state index in [0.717, 1.165) is 13.0 Å². The highest BCUT2D eigenvalue weighted by Gasteiger charge is 2.34. The number of rotatable bonds is 5. The van der Waals surface area contributed by atoms with Gasteiger partial charge in [-0.15, -0.1) is 11.6 Å². The minimum atomic E-state index is -0.254. The largest absolute Gasteiger partial charge is 0.309 e. The first-order valence-electron chi connectivity index (χ1n) is 7.31. The van der Waals surface area contributed by atoms with Gasteiger partial charge in [0.05, 0.1) is 4.87 Å². The number of hydrogen-bond acceptors (Lipinski definition) is 1. The number of aryl methyl sites for hydroxylation is 1. The summed E-state index contributed by atoms with van der Waals surface area (Å²) in [4.78, 5) is 1.95. The third-order valence-electron chi connectivity index (χ3n) is 3.43. The van der Waals surface area contributed by atoms with Crippen molar-refractivity contribution in [3.05, 3.63) is 35.4 Å². The fourth-order valence-electron chi connectivity index (χ4n) is 2.43. The lowest BCUT2D eigenvalue weighted by Crippen LogP contribution is -2.34. The van der Waals surface area contributed by atoms with Crippen molar-refractivity contribution in [2.24, 2.45) is 5.92 Å². The van der Waals surface area contributed by atoms with Crippen molar-refractivity contribution < 1.29 is 0 Å². The summed E-state index contributed by atoms with van der Waals surface area (Å²) < 4.78 is 0. The van der Waals surface area contributed by atoms with Gasteiger partial charge in [0.2, 0.25) is 0 Å². The van der Waals surface area contributed by atoms with Crippen molar-refractivity contribution in [2.45, 2.75) is 45.9 Å². The van der Waals surface area contributed by atoms with Gasteiger partial charge in [0.15, 0.2) is 0 Å². The Kier molecular flexibility index (Phi) is 8.36. The SMILES string of the molecule is CC.CCC(Cl)(c1cccc(C)c1)[C@@H](C)CN(C)C. The molecule has 0 bridgehead atoms. The molecule has 1 nitrogen and oxygen atoms in total. The molecule has 0 fully saturated rings. The molecule has 1 unspecified atom stereocenters. The van der Waals surface area contributed by atoms with E-state index in [1.807, 2.05) is 13.8 Å². The van der Waals surface area contributed by atoms with Crippen molar-refractivity contribution in [3.63, 3.8) is 0 Å². The van der Waals surface area contributed by atoms with Gasteiger partial charge in [0.25, 0.3) is 0 Å². The molecule has 0 aliphatic rings. The Labute approximate surface area is 125 Å². The van der Waals surface area contributed by atoms with Crippen LogP contribution in [-0.2, 0) is 4.87 Å². The predicted molar refractivity (Wildman–Crippen MR) is 88.1 cm³/mol. The van der Waals surface area contributed by atoms with E-state index in [-0.39, 0.29) is 4.87 Å². The molecule has 0 aliphatic carbocycles. The first kappa shape index (κ1) is 18.5. The third kappa shape index (κ3) is 5.16. The fraction of sp³-hybridized carbons (Fsp3) is 0.647. The van der Waals surface area contributed by atoms with Gasteiger partial charge in [0, 0.05) is 6.54 Å². The fourth-order valence-corrected chi connectivity index (χ4v) is 2.62. The van der Waals surface area contributed by atoms with Crippen molar-refractivity contribution in [3.8, 4) is 0 Å². The van der Waals surface area contributed by atoms with Gasteiger partial charge in [-0.05, 0) is 38.9 Å². The molecule has 0 radical (unpaired) electrons. The predicted octanol–water partition coefficient (Wildman–Crippen LogP) is 5.06. The molecule has 0 heterocycles. The number of alkyl halides is 1. The van der Waals surface area contributed by atoms with Crippen LogP contribution in [0.25, 0.3) is 0 Å². The van der Waals surface area contributed by atoms with Gasteiger partial charge in [-0.25, -0.2) is 0 Å². The zero-order valence-electron chi connectivity index (χ0n) is 13.6. The first-order valence-corrected chi connectivity index (χ1v) is 7.68. The summed E-state index contributed by atoms with van der Waals surface area (Å²) in [5.41, 5.74) is 2.52. The molecule has 0 spiro atoms. The molecule has 1 rings (SSSR count). The quantitative estimate of drug-likeness (QED) is 0.683. The number of hydrogen-bond donors (Lipinski definition) is 0. The Morgan fingerprint density at radius 2 is 1.84 bits per heavy atom. The second kappa shape index (κ2) is 8.60. The summed E-state index contributed by atoms with van der Waals surface area (Å²) in [6.07, 6.45) is 0.951. The number of halogens is 1. The van der Waals surface area contributed by atoms with Crippen LogP contribution in [0.5, 0.6) is 0 Å². The van der Waals surface area contributed by atoms with Gasteiger partial charge >= 0.3 is 0 Å². The molecule has 0 aliphatic heterocycles. The van der Waals surface area contributed by atoms with E-state index in [1.165, 1.54) is 11.1 Å². The van der Waals surface area contributed by atoms with Crippen LogP contribution in [-0.4, -0.2) is 25.5 Å². The molecular formula is C17H30ClN. The van der Waals surface area contributed by atoms with E-state index in [2.05, 4.69) is 64.0 Å². The maximum absolute atomic E-state index is 6.89. The van der Waals surface area contributed by atoms with Crippen LogP contribution in [0.1, 0.15) is 45.2 Å². The number of benzene rings is 1. The van der Waals surface area contributed by atoms with Crippen LogP contribution >= 0.6 is 11.6 Å². The van der Waals surface area contributed by atoms with E-state index in [9.17, 15) is 0 Å². The highest BCUT2D eigenvalue weighted by molar-refractivity contribution is 6.24. The van der Waals surface area contributed by atoms with Crippen molar-refractivity contribution in [2.75, 3.05) is 20.6 Å². The molecule has 2 heteroatoms. The zero-order valence-corrected chi connectivity index (χ0v) is 14.4. The Balaban J connectivity index is 0.00000154. The Morgan fingerprint density at radius 1 is 1.26 bits per heavy atom. The molecule has 2 atom stereocenters. The second-order valence-electron chi connectivity index (χ2n) is 5.25. The summed E-state index contributed by atoms with van der Waals surface area (Å²) in [7, 11) is 4.19. The lowest BCUT2D eigenvalue weighted by molar-refractivity contribution is 0.278. The van der Waals surface area contributed by atoms with Gasteiger partial charge in [-0.3, -0.25) is 0 Å². The van der Waals surface area contributed by atoms with E-state index in [1.54, 1.807) is 0 Å².